The predicted molar refractivity (Wildman–Crippen MR) is 73.6 cm³/mol. The molecule has 0 amide bonds. The first kappa shape index (κ1) is 12.3. The molecule has 0 bridgehead atoms. The summed E-state index contributed by atoms with van der Waals surface area (Å²) in [5.74, 6) is 0.317. The van der Waals surface area contributed by atoms with Gasteiger partial charge in [-0.15, -0.1) is 10.2 Å². The Balaban J connectivity index is 2.10. The van der Waals surface area contributed by atoms with Crippen LogP contribution in [0.15, 0.2) is 48.5 Å². The summed E-state index contributed by atoms with van der Waals surface area (Å²) in [6.07, 6.45) is 0.607. The highest BCUT2D eigenvalue weighted by Crippen LogP contribution is 2.13. The topological polar surface area (TPSA) is 56.5 Å². The van der Waals surface area contributed by atoms with Gasteiger partial charge in [0.1, 0.15) is 11.5 Å². The van der Waals surface area contributed by atoms with Crippen LogP contribution in [0, 0.1) is 0 Å². The standard InChI is InChI=1S/C15H13N3O2/c1-20-15(19)12-8-5-9-13-16-17-14(18(12)13)10-11-6-3-2-4-7-11/h2-9H,10H2,1H3. The Hall–Kier alpha value is -2.69. The molecule has 2 heterocycles. The number of esters is 1. The molecule has 0 atom stereocenters. The molecule has 0 aliphatic rings. The van der Waals surface area contributed by atoms with Crippen molar-refractivity contribution < 1.29 is 9.53 Å². The highest BCUT2D eigenvalue weighted by Gasteiger charge is 2.15. The first-order valence-corrected chi connectivity index (χ1v) is 6.25. The minimum Gasteiger partial charge on any atom is -0.464 e. The number of pyridine rings is 1. The zero-order chi connectivity index (χ0) is 13.9. The normalized spacial score (nSPS) is 10.7. The number of carbonyl (C=O) groups excluding carboxylic acids is 1. The van der Waals surface area contributed by atoms with Crippen LogP contribution in [0.5, 0.6) is 0 Å². The molecule has 2 aromatic heterocycles. The fourth-order valence-corrected chi connectivity index (χ4v) is 2.16. The molecule has 3 aromatic rings. The van der Waals surface area contributed by atoms with Crippen molar-refractivity contribution in [1.29, 1.82) is 0 Å². The second-order valence-electron chi connectivity index (χ2n) is 4.37. The van der Waals surface area contributed by atoms with Gasteiger partial charge in [-0.2, -0.15) is 0 Å². The lowest BCUT2D eigenvalue weighted by atomic mass is 10.1. The van der Waals surface area contributed by atoms with Crippen LogP contribution < -0.4 is 0 Å². The van der Waals surface area contributed by atoms with Gasteiger partial charge in [-0.1, -0.05) is 36.4 Å². The Bertz CT molecular complexity index is 750. The Morgan fingerprint density at radius 1 is 1.10 bits per heavy atom. The molecular weight excluding hydrogens is 254 g/mol. The Labute approximate surface area is 115 Å². The van der Waals surface area contributed by atoms with Gasteiger partial charge in [0.05, 0.1) is 7.11 Å². The molecule has 0 radical (unpaired) electrons. The molecular formula is C15H13N3O2. The summed E-state index contributed by atoms with van der Waals surface area (Å²) in [6.45, 7) is 0. The van der Waals surface area contributed by atoms with E-state index in [1.165, 1.54) is 7.11 Å². The van der Waals surface area contributed by atoms with Crippen LogP contribution in [-0.2, 0) is 11.2 Å². The highest BCUT2D eigenvalue weighted by atomic mass is 16.5. The Morgan fingerprint density at radius 2 is 1.90 bits per heavy atom. The average molecular weight is 267 g/mol. The van der Waals surface area contributed by atoms with Crippen LogP contribution in [-0.4, -0.2) is 27.7 Å². The van der Waals surface area contributed by atoms with E-state index in [0.717, 1.165) is 5.56 Å². The van der Waals surface area contributed by atoms with Crippen LogP contribution in [0.25, 0.3) is 5.65 Å². The van der Waals surface area contributed by atoms with Crippen molar-refractivity contribution in [1.82, 2.24) is 14.6 Å². The van der Waals surface area contributed by atoms with E-state index in [2.05, 4.69) is 10.2 Å². The van der Waals surface area contributed by atoms with Crippen molar-refractivity contribution in [2.45, 2.75) is 6.42 Å². The monoisotopic (exact) mass is 267 g/mol. The zero-order valence-electron chi connectivity index (χ0n) is 11.0. The van der Waals surface area contributed by atoms with E-state index < -0.39 is 5.97 Å². The maximum atomic E-state index is 11.8. The van der Waals surface area contributed by atoms with Crippen molar-refractivity contribution in [2.24, 2.45) is 0 Å². The SMILES string of the molecule is COC(=O)c1cccc2nnc(Cc3ccccc3)n12. The van der Waals surface area contributed by atoms with Crippen LogP contribution >= 0.6 is 0 Å². The van der Waals surface area contributed by atoms with Gasteiger partial charge in [0, 0.05) is 6.42 Å². The minimum atomic E-state index is -0.398. The van der Waals surface area contributed by atoms with Gasteiger partial charge < -0.3 is 4.74 Å². The average Bonchev–Trinajstić information content (AvgIpc) is 2.91. The van der Waals surface area contributed by atoms with Crippen molar-refractivity contribution >= 4 is 11.6 Å². The first-order chi connectivity index (χ1) is 9.79. The van der Waals surface area contributed by atoms with Crippen molar-refractivity contribution in [3.8, 4) is 0 Å². The number of nitrogens with zero attached hydrogens (tertiary/aromatic N) is 3. The van der Waals surface area contributed by atoms with Gasteiger partial charge in [-0.05, 0) is 17.7 Å². The molecule has 5 nitrogen and oxygen atoms in total. The van der Waals surface area contributed by atoms with E-state index >= 15 is 0 Å². The molecule has 5 heteroatoms. The molecule has 0 saturated carbocycles. The first-order valence-electron chi connectivity index (χ1n) is 6.25. The third-order valence-electron chi connectivity index (χ3n) is 3.09. The second-order valence-corrected chi connectivity index (χ2v) is 4.37. The van der Waals surface area contributed by atoms with Crippen molar-refractivity contribution in [3.05, 3.63) is 65.6 Å². The Kier molecular flexibility index (Phi) is 3.16. The van der Waals surface area contributed by atoms with E-state index in [-0.39, 0.29) is 0 Å². The molecule has 20 heavy (non-hydrogen) atoms. The maximum Gasteiger partial charge on any atom is 0.355 e. The molecule has 0 aliphatic carbocycles. The van der Waals surface area contributed by atoms with E-state index in [1.807, 2.05) is 36.4 Å². The number of fused-ring (bicyclic) bond motifs is 1. The predicted octanol–water partition coefficient (Wildman–Crippen LogP) is 2.11. The molecule has 0 N–H and O–H groups in total. The van der Waals surface area contributed by atoms with E-state index in [1.54, 1.807) is 16.5 Å². The van der Waals surface area contributed by atoms with E-state index in [0.29, 0.717) is 23.6 Å². The summed E-state index contributed by atoms with van der Waals surface area (Å²) in [6, 6.07) is 15.2. The van der Waals surface area contributed by atoms with Gasteiger partial charge in [0.15, 0.2) is 5.65 Å². The smallest absolute Gasteiger partial charge is 0.355 e. The van der Waals surface area contributed by atoms with Crippen LogP contribution in [0.1, 0.15) is 21.9 Å². The summed E-state index contributed by atoms with van der Waals surface area (Å²) in [7, 11) is 1.36. The number of aromatic nitrogens is 3. The molecule has 0 fully saturated rings. The fourth-order valence-electron chi connectivity index (χ4n) is 2.16. The number of hydrogen-bond donors (Lipinski definition) is 0. The summed E-state index contributed by atoms with van der Waals surface area (Å²) >= 11 is 0. The Morgan fingerprint density at radius 3 is 2.65 bits per heavy atom. The number of ether oxygens (including phenoxy) is 1. The quantitative estimate of drug-likeness (QED) is 0.682. The number of methoxy groups -OCH3 is 1. The van der Waals surface area contributed by atoms with Gasteiger partial charge in [0.25, 0.3) is 0 Å². The molecule has 0 unspecified atom stereocenters. The summed E-state index contributed by atoms with van der Waals surface area (Å²) < 4.78 is 6.54. The number of carbonyl (C=O) groups is 1. The molecule has 0 spiro atoms. The molecule has 0 aliphatic heterocycles. The third-order valence-corrected chi connectivity index (χ3v) is 3.09. The van der Waals surface area contributed by atoms with Gasteiger partial charge in [0.2, 0.25) is 0 Å². The largest absolute Gasteiger partial charge is 0.464 e. The lowest BCUT2D eigenvalue weighted by Gasteiger charge is -2.05. The van der Waals surface area contributed by atoms with Crippen LogP contribution in [0.3, 0.4) is 0 Å². The number of benzene rings is 1. The molecule has 100 valence electrons. The van der Waals surface area contributed by atoms with Gasteiger partial charge in [-0.25, -0.2) is 4.79 Å². The number of hydrogen-bond acceptors (Lipinski definition) is 4. The zero-order valence-corrected chi connectivity index (χ0v) is 11.0. The highest BCUT2D eigenvalue weighted by molar-refractivity contribution is 5.88. The lowest BCUT2D eigenvalue weighted by molar-refractivity contribution is 0.0592. The number of rotatable bonds is 3. The van der Waals surface area contributed by atoms with E-state index in [4.69, 9.17) is 4.74 Å². The maximum absolute atomic E-state index is 11.8. The van der Waals surface area contributed by atoms with Crippen LogP contribution in [0.4, 0.5) is 0 Å². The lowest BCUT2D eigenvalue weighted by Crippen LogP contribution is -2.10. The summed E-state index contributed by atoms with van der Waals surface area (Å²) in [5, 5.41) is 8.27. The van der Waals surface area contributed by atoms with Gasteiger partial charge in [-0.3, -0.25) is 4.40 Å². The summed E-state index contributed by atoms with van der Waals surface area (Å²) in [5.41, 5.74) is 2.18. The van der Waals surface area contributed by atoms with Crippen molar-refractivity contribution in [3.63, 3.8) is 0 Å². The minimum absolute atomic E-state index is 0.398. The summed E-state index contributed by atoms with van der Waals surface area (Å²) in [4.78, 5) is 11.8. The van der Waals surface area contributed by atoms with Crippen LogP contribution in [0.2, 0.25) is 0 Å². The van der Waals surface area contributed by atoms with Crippen molar-refractivity contribution in [2.75, 3.05) is 7.11 Å². The fraction of sp³-hybridized carbons (Fsp3) is 0.133. The van der Waals surface area contributed by atoms with Gasteiger partial charge >= 0.3 is 5.97 Å². The second kappa shape index (κ2) is 5.13. The molecule has 3 rings (SSSR count). The molecule has 1 aromatic carbocycles. The molecule has 0 saturated heterocycles. The third kappa shape index (κ3) is 2.14. The van der Waals surface area contributed by atoms with E-state index in [9.17, 15) is 4.79 Å².